The maximum Gasteiger partial charge on any atom is 0.294 e. The van der Waals surface area contributed by atoms with Crippen molar-refractivity contribution in [2.75, 3.05) is 0 Å². The molecule has 0 fully saturated rings. The van der Waals surface area contributed by atoms with Crippen LogP contribution in [0.25, 0.3) is 0 Å². The maximum absolute atomic E-state index is 9.31. The number of hydrogen-bond acceptors (Lipinski definition) is 3. The summed E-state index contributed by atoms with van der Waals surface area (Å²) in [6.45, 7) is 1.90. The van der Waals surface area contributed by atoms with E-state index in [-0.39, 0.29) is 17.1 Å². The van der Waals surface area contributed by atoms with Crippen molar-refractivity contribution in [1.29, 1.82) is 0 Å². The van der Waals surface area contributed by atoms with E-state index in [9.17, 15) is 4.79 Å². The summed E-state index contributed by atoms with van der Waals surface area (Å²) in [6.07, 6.45) is -0.470. The smallest absolute Gasteiger partial charge is 0.294 e. The largest absolute Gasteiger partial charge is 0.449 e. The van der Waals surface area contributed by atoms with Gasteiger partial charge in [-0.2, -0.15) is 0 Å². The summed E-state index contributed by atoms with van der Waals surface area (Å²) >= 11 is 0. The first-order valence-electron chi connectivity index (χ1n) is 1.62. The summed E-state index contributed by atoms with van der Waals surface area (Å²) in [7, 11) is 0. The van der Waals surface area contributed by atoms with Crippen LogP contribution < -0.4 is 5.73 Å². The number of carbonyl (C=O) groups excluding carboxylic acids is 1. The predicted molar refractivity (Wildman–Crippen MR) is 20.8 cm³/mol. The molecule has 0 rings (SSSR count). The molecule has 1 unspecified atom stereocenters. The zero-order valence-electron chi connectivity index (χ0n) is 3.85. The maximum atomic E-state index is 9.31. The van der Waals surface area contributed by atoms with Gasteiger partial charge in [-0.15, -0.1) is 0 Å². The number of carbonyl (C=O) groups is 1. The van der Waals surface area contributed by atoms with Crippen LogP contribution in [0.15, 0.2) is 0 Å². The molecule has 47 valence electrons. The molecule has 0 aliphatic carbocycles. The zero-order chi connectivity index (χ0) is 4.99. The summed E-state index contributed by atoms with van der Waals surface area (Å²) in [5, 5.41) is 0. The average molecular weight is 153 g/mol. The fraction of sp³-hybridized carbons (Fsp3) is 0.667. The fourth-order valence-electron chi connectivity index (χ4n) is 0.0876. The fourth-order valence-corrected chi connectivity index (χ4v) is 0.0876. The quantitative estimate of drug-likeness (QED) is 0.329. The van der Waals surface area contributed by atoms with Crippen LogP contribution in [-0.2, 0) is 26.6 Å². The Morgan fingerprint density at radius 1 is 1.86 bits per heavy atom. The van der Waals surface area contributed by atoms with E-state index < -0.39 is 6.23 Å². The van der Waals surface area contributed by atoms with E-state index in [1.54, 1.807) is 6.92 Å². The molecule has 4 heteroatoms. The van der Waals surface area contributed by atoms with Gasteiger partial charge in [0.1, 0.15) is 6.23 Å². The third-order valence-corrected chi connectivity index (χ3v) is 0.270. The summed E-state index contributed by atoms with van der Waals surface area (Å²) in [4.78, 5) is 9.31. The van der Waals surface area contributed by atoms with Crippen molar-refractivity contribution < 1.29 is 26.6 Å². The third kappa shape index (κ3) is 10.7. The molecule has 0 aromatic rings. The molecule has 0 bridgehead atoms. The van der Waals surface area contributed by atoms with Crippen LogP contribution in [0.2, 0.25) is 0 Å². The summed E-state index contributed by atoms with van der Waals surface area (Å²) in [6, 6.07) is 0. The first-order valence-corrected chi connectivity index (χ1v) is 1.62. The Morgan fingerprint density at radius 2 is 2.29 bits per heavy atom. The summed E-state index contributed by atoms with van der Waals surface area (Å²) < 4.78 is 4.14. The Morgan fingerprint density at radius 3 is 2.29 bits per heavy atom. The van der Waals surface area contributed by atoms with Gasteiger partial charge >= 0.3 is 0 Å². The van der Waals surface area contributed by atoms with Crippen LogP contribution in [0.3, 0.4) is 0 Å². The van der Waals surface area contributed by atoms with E-state index in [2.05, 4.69) is 4.74 Å². The van der Waals surface area contributed by atoms with E-state index in [1.165, 1.54) is 0 Å². The van der Waals surface area contributed by atoms with Crippen LogP contribution in [-0.4, -0.2) is 12.7 Å². The van der Waals surface area contributed by atoms with Crippen molar-refractivity contribution in [3.63, 3.8) is 0 Å². The van der Waals surface area contributed by atoms with Gasteiger partial charge in [0.2, 0.25) is 0 Å². The van der Waals surface area contributed by atoms with Gasteiger partial charge < -0.3 is 4.74 Å². The molecule has 0 aliphatic heterocycles. The number of rotatable bonds is 2. The Hall–Kier alpha value is -0.0505. The molecule has 7 heavy (non-hydrogen) atoms. The van der Waals surface area contributed by atoms with E-state index in [0.29, 0.717) is 6.47 Å². The summed E-state index contributed by atoms with van der Waals surface area (Å²) in [5.74, 6) is 0. The Kier molecular flexibility index (Phi) is 8.53. The van der Waals surface area contributed by atoms with Gasteiger partial charge in [0, 0.05) is 17.1 Å². The predicted octanol–water partition coefficient (Wildman–Crippen LogP) is -0.538. The van der Waals surface area contributed by atoms with Crippen LogP contribution in [0.5, 0.6) is 0 Å². The Bertz CT molecular complexity index is 48.2. The van der Waals surface area contributed by atoms with Crippen LogP contribution >= 0.6 is 0 Å². The van der Waals surface area contributed by atoms with Gasteiger partial charge in [0.25, 0.3) is 6.47 Å². The van der Waals surface area contributed by atoms with Gasteiger partial charge in [-0.05, 0) is 6.92 Å². The number of ether oxygens (including phenoxy) is 1. The standard InChI is InChI=1S/C3H7NO2.Cu/c1-3(4)6-2-5;/h2-3H,4H2,1H3;. The molecule has 0 aromatic carbocycles. The SMILES string of the molecule is CC(N)OC=O.[Cu]. The molecule has 0 aromatic heterocycles. The number of hydrogen-bond donors (Lipinski definition) is 1. The van der Waals surface area contributed by atoms with Crippen molar-refractivity contribution in [3.8, 4) is 0 Å². The zero-order valence-corrected chi connectivity index (χ0v) is 4.79. The van der Waals surface area contributed by atoms with Gasteiger partial charge in [0.15, 0.2) is 0 Å². The van der Waals surface area contributed by atoms with Crippen molar-refractivity contribution in [3.05, 3.63) is 0 Å². The van der Waals surface area contributed by atoms with Crippen molar-refractivity contribution in [2.45, 2.75) is 13.2 Å². The van der Waals surface area contributed by atoms with E-state index in [0.717, 1.165) is 0 Å². The molecule has 0 saturated heterocycles. The van der Waals surface area contributed by atoms with Gasteiger partial charge in [0.05, 0.1) is 0 Å². The van der Waals surface area contributed by atoms with Crippen LogP contribution in [0.1, 0.15) is 6.92 Å². The van der Waals surface area contributed by atoms with Crippen LogP contribution in [0, 0.1) is 0 Å². The Labute approximate surface area is 52.7 Å². The molecule has 0 aliphatic rings. The van der Waals surface area contributed by atoms with Crippen molar-refractivity contribution in [1.82, 2.24) is 0 Å². The third-order valence-electron chi connectivity index (χ3n) is 0.270. The molecular weight excluding hydrogens is 146 g/mol. The van der Waals surface area contributed by atoms with Crippen molar-refractivity contribution in [2.24, 2.45) is 5.73 Å². The molecule has 0 saturated carbocycles. The molecule has 0 spiro atoms. The number of nitrogens with two attached hydrogens (primary N) is 1. The van der Waals surface area contributed by atoms with Gasteiger partial charge in [-0.1, -0.05) is 0 Å². The first-order chi connectivity index (χ1) is 2.77. The second-order valence-corrected chi connectivity index (χ2v) is 0.937. The molecule has 0 amide bonds. The second-order valence-electron chi connectivity index (χ2n) is 0.937. The van der Waals surface area contributed by atoms with Crippen LogP contribution in [0.4, 0.5) is 0 Å². The first kappa shape index (κ1) is 10.0. The Balaban J connectivity index is 0. The van der Waals surface area contributed by atoms with E-state index in [1.807, 2.05) is 0 Å². The molecule has 0 heterocycles. The topological polar surface area (TPSA) is 52.3 Å². The monoisotopic (exact) mass is 152 g/mol. The minimum Gasteiger partial charge on any atom is -0.449 e. The minimum absolute atomic E-state index is 0. The molecule has 1 radical (unpaired) electrons. The average Bonchev–Trinajstić information content (AvgIpc) is 1.35. The van der Waals surface area contributed by atoms with E-state index in [4.69, 9.17) is 5.73 Å². The molecule has 2 N–H and O–H groups in total. The van der Waals surface area contributed by atoms with Gasteiger partial charge in [-0.25, -0.2) is 0 Å². The normalized spacial score (nSPS) is 11.1. The molecule has 1 atom stereocenters. The summed E-state index contributed by atoms with van der Waals surface area (Å²) in [5.41, 5.74) is 4.95. The molecular formula is C3H7CuNO2. The minimum atomic E-state index is -0.470. The van der Waals surface area contributed by atoms with E-state index >= 15 is 0 Å². The van der Waals surface area contributed by atoms with Gasteiger partial charge in [-0.3, -0.25) is 10.5 Å². The van der Waals surface area contributed by atoms with Crippen molar-refractivity contribution >= 4 is 6.47 Å². The molecule has 3 nitrogen and oxygen atoms in total. The second kappa shape index (κ2) is 5.95.